The van der Waals surface area contributed by atoms with Crippen LogP contribution in [0.25, 0.3) is 0 Å². The standard InChI is InChI=1S/C28H42N4O7/c1-8-16-32(26(36)21(12-13-22(29)33)31-27(37)39-28(5,6)7)24(20-17-18(3)10-11-19(20)4)25(35)30-15-14-23(34)38-9-2/h8,10-11,17,21,24H,1,9,12-16H2,2-7H3,(H2,29,33)(H,30,35)(H,31,37). The first-order valence-corrected chi connectivity index (χ1v) is 12.9. The molecule has 0 aromatic heterocycles. The van der Waals surface area contributed by atoms with E-state index in [1.54, 1.807) is 33.8 Å². The molecular weight excluding hydrogens is 504 g/mol. The zero-order chi connectivity index (χ0) is 29.8. The van der Waals surface area contributed by atoms with E-state index in [0.29, 0.717) is 5.56 Å². The van der Waals surface area contributed by atoms with Crippen molar-refractivity contribution in [3.05, 3.63) is 47.5 Å². The van der Waals surface area contributed by atoms with Gasteiger partial charge in [0.05, 0.1) is 13.0 Å². The molecule has 2 unspecified atom stereocenters. The maximum absolute atomic E-state index is 13.9. The molecule has 0 saturated heterocycles. The topological polar surface area (TPSA) is 157 Å². The summed E-state index contributed by atoms with van der Waals surface area (Å²) in [6.07, 6.45) is 0.265. The van der Waals surface area contributed by atoms with Crippen molar-refractivity contribution in [3.8, 4) is 0 Å². The molecule has 0 spiro atoms. The number of aryl methyl sites for hydroxylation is 2. The van der Waals surface area contributed by atoms with Crippen molar-refractivity contribution in [2.24, 2.45) is 5.73 Å². The van der Waals surface area contributed by atoms with Crippen LogP contribution in [0.1, 0.15) is 69.7 Å². The van der Waals surface area contributed by atoms with E-state index < -0.39 is 47.5 Å². The van der Waals surface area contributed by atoms with Gasteiger partial charge in [0.15, 0.2) is 0 Å². The Morgan fingerprint density at radius 2 is 1.79 bits per heavy atom. The Kier molecular flexibility index (Phi) is 13.2. The van der Waals surface area contributed by atoms with Crippen LogP contribution in [-0.2, 0) is 28.7 Å². The van der Waals surface area contributed by atoms with Crippen molar-refractivity contribution >= 4 is 29.8 Å². The Hall–Kier alpha value is -3.89. The average molecular weight is 547 g/mol. The van der Waals surface area contributed by atoms with E-state index in [2.05, 4.69) is 17.2 Å². The van der Waals surface area contributed by atoms with E-state index in [1.165, 1.54) is 11.0 Å². The Labute approximate surface area is 230 Å². The molecule has 4 N–H and O–H groups in total. The third kappa shape index (κ3) is 11.6. The summed E-state index contributed by atoms with van der Waals surface area (Å²) < 4.78 is 10.2. The maximum Gasteiger partial charge on any atom is 0.408 e. The molecule has 39 heavy (non-hydrogen) atoms. The number of benzene rings is 1. The molecule has 0 heterocycles. The lowest BCUT2D eigenvalue weighted by molar-refractivity contribution is -0.144. The highest BCUT2D eigenvalue weighted by Crippen LogP contribution is 2.27. The van der Waals surface area contributed by atoms with Crippen molar-refractivity contribution in [3.63, 3.8) is 0 Å². The van der Waals surface area contributed by atoms with Crippen LogP contribution in [0.5, 0.6) is 0 Å². The molecule has 0 saturated carbocycles. The first-order valence-electron chi connectivity index (χ1n) is 12.9. The van der Waals surface area contributed by atoms with Gasteiger partial charge in [-0.25, -0.2) is 4.79 Å². The van der Waals surface area contributed by atoms with Crippen LogP contribution in [0.4, 0.5) is 4.79 Å². The van der Waals surface area contributed by atoms with E-state index >= 15 is 0 Å². The molecule has 0 bridgehead atoms. The van der Waals surface area contributed by atoms with E-state index in [4.69, 9.17) is 15.2 Å². The van der Waals surface area contributed by atoms with E-state index in [1.807, 2.05) is 26.0 Å². The molecule has 1 rings (SSSR count). The fraction of sp³-hybridized carbons (Fsp3) is 0.536. The summed E-state index contributed by atoms with van der Waals surface area (Å²) in [4.78, 5) is 64.7. The number of hydrogen-bond acceptors (Lipinski definition) is 7. The fourth-order valence-corrected chi connectivity index (χ4v) is 3.78. The van der Waals surface area contributed by atoms with Gasteiger partial charge in [-0.05, 0) is 59.1 Å². The summed E-state index contributed by atoms with van der Waals surface area (Å²) in [5, 5.41) is 5.24. The Morgan fingerprint density at radius 3 is 2.36 bits per heavy atom. The highest BCUT2D eigenvalue weighted by molar-refractivity contribution is 5.93. The predicted octanol–water partition coefficient (Wildman–Crippen LogP) is 2.59. The van der Waals surface area contributed by atoms with E-state index in [9.17, 15) is 24.0 Å². The summed E-state index contributed by atoms with van der Waals surface area (Å²) in [7, 11) is 0. The second-order valence-corrected chi connectivity index (χ2v) is 10.1. The summed E-state index contributed by atoms with van der Waals surface area (Å²) in [5.41, 5.74) is 6.66. The number of nitrogens with one attached hydrogen (secondary N) is 2. The average Bonchev–Trinajstić information content (AvgIpc) is 2.82. The molecule has 216 valence electrons. The summed E-state index contributed by atoms with van der Waals surface area (Å²) in [6.45, 7) is 14.3. The van der Waals surface area contributed by atoms with Gasteiger partial charge in [0.2, 0.25) is 17.7 Å². The molecule has 0 aliphatic heterocycles. The smallest absolute Gasteiger partial charge is 0.408 e. The molecular formula is C28H42N4O7. The largest absolute Gasteiger partial charge is 0.466 e. The van der Waals surface area contributed by atoms with Crippen molar-refractivity contribution in [2.75, 3.05) is 19.7 Å². The molecule has 0 fully saturated rings. The van der Waals surface area contributed by atoms with E-state index in [-0.39, 0.29) is 39.0 Å². The lowest BCUT2D eigenvalue weighted by atomic mass is 9.95. The second-order valence-electron chi connectivity index (χ2n) is 10.1. The van der Waals surface area contributed by atoms with Gasteiger partial charge in [-0.2, -0.15) is 0 Å². The lowest BCUT2D eigenvalue weighted by Gasteiger charge is -2.34. The minimum absolute atomic E-state index is 0.00356. The number of carbonyl (C=O) groups is 5. The van der Waals surface area contributed by atoms with Crippen molar-refractivity contribution in [1.29, 1.82) is 0 Å². The van der Waals surface area contributed by atoms with Crippen LogP contribution < -0.4 is 16.4 Å². The quantitative estimate of drug-likeness (QED) is 0.239. The number of ether oxygens (including phenoxy) is 2. The van der Waals surface area contributed by atoms with Gasteiger partial charge in [-0.3, -0.25) is 19.2 Å². The molecule has 1 aromatic carbocycles. The molecule has 0 radical (unpaired) electrons. The molecule has 0 aliphatic rings. The zero-order valence-corrected chi connectivity index (χ0v) is 23.8. The van der Waals surface area contributed by atoms with Gasteiger partial charge in [-0.1, -0.05) is 29.8 Å². The zero-order valence-electron chi connectivity index (χ0n) is 23.8. The predicted molar refractivity (Wildman–Crippen MR) is 146 cm³/mol. The minimum Gasteiger partial charge on any atom is -0.466 e. The van der Waals surface area contributed by atoms with Crippen molar-refractivity contribution < 1.29 is 33.4 Å². The molecule has 1 aromatic rings. The monoisotopic (exact) mass is 546 g/mol. The van der Waals surface area contributed by atoms with Gasteiger partial charge in [0.1, 0.15) is 17.7 Å². The van der Waals surface area contributed by atoms with E-state index in [0.717, 1.165) is 11.1 Å². The first kappa shape index (κ1) is 33.1. The third-order valence-corrected chi connectivity index (χ3v) is 5.50. The van der Waals surface area contributed by atoms with Gasteiger partial charge >= 0.3 is 12.1 Å². The molecule has 4 amide bonds. The highest BCUT2D eigenvalue weighted by atomic mass is 16.6. The van der Waals surface area contributed by atoms with Gasteiger partial charge in [0, 0.05) is 19.5 Å². The normalized spacial score (nSPS) is 12.5. The number of hydrogen-bond donors (Lipinski definition) is 3. The van der Waals surface area contributed by atoms with Crippen LogP contribution in [0.2, 0.25) is 0 Å². The number of nitrogens with two attached hydrogens (primary N) is 1. The first-order chi connectivity index (χ1) is 18.2. The summed E-state index contributed by atoms with van der Waals surface area (Å²) in [6, 6.07) is 3.17. The number of rotatable bonds is 14. The molecule has 11 nitrogen and oxygen atoms in total. The summed E-state index contributed by atoms with van der Waals surface area (Å²) in [5.74, 6) is -2.28. The highest BCUT2D eigenvalue weighted by Gasteiger charge is 2.36. The summed E-state index contributed by atoms with van der Waals surface area (Å²) >= 11 is 0. The second kappa shape index (κ2) is 15.5. The number of esters is 1. The SMILES string of the molecule is C=CCN(C(=O)C(CCC(N)=O)NC(=O)OC(C)(C)C)C(C(=O)NCCC(=O)OCC)c1cc(C)ccc1C. The molecule has 2 atom stereocenters. The minimum atomic E-state index is -1.22. The van der Waals surface area contributed by atoms with Crippen LogP contribution in [0.3, 0.4) is 0 Å². The number of primary amides is 1. The van der Waals surface area contributed by atoms with Gasteiger partial charge in [0.25, 0.3) is 0 Å². The number of alkyl carbamates (subject to hydrolysis) is 1. The fourth-order valence-electron chi connectivity index (χ4n) is 3.78. The van der Waals surface area contributed by atoms with Crippen molar-refractivity contribution in [2.45, 2.75) is 78.5 Å². The Morgan fingerprint density at radius 1 is 1.13 bits per heavy atom. The number of amides is 4. The van der Waals surface area contributed by atoms with Crippen LogP contribution in [0, 0.1) is 13.8 Å². The Balaban J connectivity index is 3.46. The lowest BCUT2D eigenvalue weighted by Crippen LogP contribution is -2.53. The van der Waals surface area contributed by atoms with Gasteiger partial charge in [-0.15, -0.1) is 6.58 Å². The third-order valence-electron chi connectivity index (χ3n) is 5.50. The number of carbonyl (C=O) groups excluding carboxylic acids is 5. The van der Waals surface area contributed by atoms with Crippen molar-refractivity contribution in [1.82, 2.24) is 15.5 Å². The van der Waals surface area contributed by atoms with Crippen LogP contribution >= 0.6 is 0 Å². The molecule has 11 heteroatoms. The van der Waals surface area contributed by atoms with Gasteiger partial charge < -0.3 is 30.7 Å². The van der Waals surface area contributed by atoms with Crippen LogP contribution in [-0.4, -0.2) is 66.0 Å². The molecule has 0 aliphatic carbocycles. The Bertz CT molecular complexity index is 1050. The van der Waals surface area contributed by atoms with Crippen LogP contribution in [0.15, 0.2) is 30.9 Å². The number of nitrogens with zero attached hydrogens (tertiary/aromatic N) is 1. The maximum atomic E-state index is 13.9.